The Labute approximate surface area is 116 Å². The number of hydrogen-bond donors (Lipinski definition) is 2. The van der Waals surface area contributed by atoms with Crippen molar-refractivity contribution in [3.8, 4) is 0 Å². The molecule has 3 N–H and O–H groups in total. The third kappa shape index (κ3) is 4.44. The van der Waals surface area contributed by atoms with Crippen LogP contribution in [-0.4, -0.2) is 65.2 Å². The van der Waals surface area contributed by atoms with Gasteiger partial charge in [0, 0.05) is 18.6 Å². The zero-order valence-electron chi connectivity index (χ0n) is 12.7. The van der Waals surface area contributed by atoms with Crippen molar-refractivity contribution >= 4 is 5.97 Å². The maximum absolute atomic E-state index is 11.2. The molecule has 3 unspecified atom stereocenters. The van der Waals surface area contributed by atoms with Gasteiger partial charge in [0.1, 0.15) is 5.54 Å². The molecule has 19 heavy (non-hydrogen) atoms. The first kappa shape index (κ1) is 16.4. The fraction of sp³-hybridized carbons (Fsp3) is 0.929. The highest BCUT2D eigenvalue weighted by molar-refractivity contribution is 5.77. The molecule has 0 spiro atoms. The third-order valence-electron chi connectivity index (χ3n) is 4.19. The van der Waals surface area contributed by atoms with Crippen LogP contribution in [-0.2, 0) is 4.79 Å². The Morgan fingerprint density at radius 1 is 1.53 bits per heavy atom. The van der Waals surface area contributed by atoms with Crippen LogP contribution in [0.1, 0.15) is 40.0 Å². The summed E-state index contributed by atoms with van der Waals surface area (Å²) in [5.74, 6) is -0.917. The van der Waals surface area contributed by atoms with E-state index in [-0.39, 0.29) is 6.04 Å². The zero-order chi connectivity index (χ0) is 14.6. The normalized spacial score (nSPS) is 27.5. The SMILES string of the molecule is CCC1CN(C)CCCN1C(C)CC(C)(N)C(=O)O. The molecular formula is C14H29N3O2. The monoisotopic (exact) mass is 271 g/mol. The Morgan fingerprint density at radius 2 is 2.16 bits per heavy atom. The number of nitrogens with two attached hydrogens (primary N) is 1. The molecule has 0 aliphatic carbocycles. The summed E-state index contributed by atoms with van der Waals surface area (Å²) in [4.78, 5) is 16.0. The highest BCUT2D eigenvalue weighted by atomic mass is 16.4. The van der Waals surface area contributed by atoms with E-state index in [2.05, 4.69) is 30.7 Å². The van der Waals surface area contributed by atoms with Gasteiger partial charge in [-0.1, -0.05) is 6.92 Å². The second-order valence-electron chi connectivity index (χ2n) is 6.19. The predicted molar refractivity (Wildman–Crippen MR) is 77.2 cm³/mol. The number of carboxylic acids is 1. The molecule has 0 aromatic rings. The molecule has 112 valence electrons. The van der Waals surface area contributed by atoms with Crippen molar-refractivity contribution in [3.05, 3.63) is 0 Å². The van der Waals surface area contributed by atoms with Gasteiger partial charge >= 0.3 is 5.97 Å². The average Bonchev–Trinajstić information content (AvgIpc) is 2.49. The van der Waals surface area contributed by atoms with Crippen molar-refractivity contribution in [2.75, 3.05) is 26.7 Å². The largest absolute Gasteiger partial charge is 0.480 e. The van der Waals surface area contributed by atoms with Crippen LogP contribution in [0.25, 0.3) is 0 Å². The summed E-state index contributed by atoms with van der Waals surface area (Å²) in [6.07, 6.45) is 2.71. The number of nitrogens with zero attached hydrogens (tertiary/aromatic N) is 2. The molecule has 5 nitrogen and oxygen atoms in total. The molecule has 0 aromatic carbocycles. The smallest absolute Gasteiger partial charge is 0.323 e. The van der Waals surface area contributed by atoms with Crippen LogP contribution in [0, 0.1) is 0 Å². The Bertz CT molecular complexity index is 307. The van der Waals surface area contributed by atoms with Gasteiger partial charge in [0.2, 0.25) is 0 Å². The Balaban J connectivity index is 2.72. The average molecular weight is 271 g/mol. The van der Waals surface area contributed by atoms with Crippen LogP contribution < -0.4 is 5.73 Å². The maximum Gasteiger partial charge on any atom is 0.323 e. The van der Waals surface area contributed by atoms with Crippen molar-refractivity contribution in [2.45, 2.75) is 57.7 Å². The van der Waals surface area contributed by atoms with E-state index in [4.69, 9.17) is 10.8 Å². The molecule has 0 aromatic heterocycles. The quantitative estimate of drug-likeness (QED) is 0.780. The maximum atomic E-state index is 11.2. The zero-order valence-corrected chi connectivity index (χ0v) is 12.7. The van der Waals surface area contributed by atoms with E-state index in [1.54, 1.807) is 6.92 Å². The standard InChI is InChI=1S/C14H29N3O2/c1-5-12-10-16(4)7-6-8-17(12)11(2)9-14(3,15)13(18)19/h11-12H,5-10,15H2,1-4H3,(H,18,19). The van der Waals surface area contributed by atoms with Gasteiger partial charge in [-0.15, -0.1) is 0 Å². The highest BCUT2D eigenvalue weighted by Crippen LogP contribution is 2.20. The van der Waals surface area contributed by atoms with E-state index in [0.717, 1.165) is 32.5 Å². The molecule has 3 atom stereocenters. The molecule has 1 rings (SSSR count). The minimum absolute atomic E-state index is 0.197. The second-order valence-corrected chi connectivity index (χ2v) is 6.19. The van der Waals surface area contributed by atoms with Gasteiger partial charge in [-0.05, 0) is 53.2 Å². The minimum atomic E-state index is -1.14. The fourth-order valence-corrected chi connectivity index (χ4v) is 3.02. The van der Waals surface area contributed by atoms with E-state index >= 15 is 0 Å². The van der Waals surface area contributed by atoms with E-state index in [1.807, 2.05) is 0 Å². The van der Waals surface area contributed by atoms with Gasteiger partial charge in [0.05, 0.1) is 0 Å². The fourth-order valence-electron chi connectivity index (χ4n) is 3.02. The van der Waals surface area contributed by atoms with E-state index < -0.39 is 11.5 Å². The van der Waals surface area contributed by atoms with Crippen LogP contribution in [0.3, 0.4) is 0 Å². The topological polar surface area (TPSA) is 69.8 Å². The summed E-state index contributed by atoms with van der Waals surface area (Å²) in [7, 11) is 2.15. The summed E-state index contributed by atoms with van der Waals surface area (Å²) < 4.78 is 0. The van der Waals surface area contributed by atoms with E-state index in [9.17, 15) is 4.79 Å². The van der Waals surface area contributed by atoms with Gasteiger partial charge in [-0.25, -0.2) is 0 Å². The number of aliphatic carboxylic acids is 1. The molecule has 0 radical (unpaired) electrons. The van der Waals surface area contributed by atoms with Crippen molar-refractivity contribution in [1.29, 1.82) is 0 Å². The van der Waals surface area contributed by atoms with Crippen LogP contribution in [0.5, 0.6) is 0 Å². The minimum Gasteiger partial charge on any atom is -0.480 e. The van der Waals surface area contributed by atoms with Crippen LogP contribution in [0.4, 0.5) is 0 Å². The van der Waals surface area contributed by atoms with E-state index in [1.165, 1.54) is 0 Å². The van der Waals surface area contributed by atoms with E-state index in [0.29, 0.717) is 12.5 Å². The first-order chi connectivity index (χ1) is 8.77. The molecule has 1 saturated heterocycles. The van der Waals surface area contributed by atoms with Crippen molar-refractivity contribution < 1.29 is 9.90 Å². The van der Waals surface area contributed by atoms with Crippen LogP contribution >= 0.6 is 0 Å². The summed E-state index contributed by atoms with van der Waals surface area (Å²) in [5, 5.41) is 9.16. The van der Waals surface area contributed by atoms with Gasteiger partial charge < -0.3 is 15.7 Å². The van der Waals surface area contributed by atoms with Gasteiger partial charge in [0.25, 0.3) is 0 Å². The summed E-state index contributed by atoms with van der Waals surface area (Å²) in [6, 6.07) is 0.689. The van der Waals surface area contributed by atoms with Crippen molar-refractivity contribution in [3.63, 3.8) is 0 Å². The van der Waals surface area contributed by atoms with Crippen molar-refractivity contribution in [1.82, 2.24) is 9.80 Å². The molecule has 1 heterocycles. The summed E-state index contributed by atoms with van der Waals surface area (Å²) in [6.45, 7) is 9.09. The molecule has 0 amide bonds. The number of carboxylic acid groups (broad SMARTS) is 1. The number of carbonyl (C=O) groups is 1. The molecule has 1 fully saturated rings. The molecule has 1 aliphatic heterocycles. The number of rotatable bonds is 5. The summed E-state index contributed by atoms with van der Waals surface area (Å²) in [5.41, 5.74) is 4.74. The van der Waals surface area contributed by atoms with Gasteiger partial charge in [-0.3, -0.25) is 9.69 Å². The summed E-state index contributed by atoms with van der Waals surface area (Å²) >= 11 is 0. The Hall–Kier alpha value is -0.650. The number of likely N-dealkylation sites (N-methyl/N-ethyl adjacent to an activating group) is 1. The lowest BCUT2D eigenvalue weighted by Gasteiger charge is -2.37. The number of hydrogen-bond acceptors (Lipinski definition) is 4. The first-order valence-corrected chi connectivity index (χ1v) is 7.24. The Morgan fingerprint density at radius 3 is 2.68 bits per heavy atom. The second kappa shape index (κ2) is 6.68. The molecular weight excluding hydrogens is 242 g/mol. The van der Waals surface area contributed by atoms with Crippen molar-refractivity contribution in [2.24, 2.45) is 5.73 Å². The molecule has 1 aliphatic rings. The molecule has 0 saturated carbocycles. The lowest BCUT2D eigenvalue weighted by Crippen LogP contribution is -2.52. The molecule has 5 heteroatoms. The predicted octanol–water partition coefficient (Wildman–Crippen LogP) is 0.983. The third-order valence-corrected chi connectivity index (χ3v) is 4.19. The van der Waals surface area contributed by atoms with Crippen LogP contribution in [0.2, 0.25) is 0 Å². The molecule has 0 bridgehead atoms. The van der Waals surface area contributed by atoms with Gasteiger partial charge in [-0.2, -0.15) is 0 Å². The highest BCUT2D eigenvalue weighted by Gasteiger charge is 2.34. The Kier molecular flexibility index (Phi) is 5.77. The lowest BCUT2D eigenvalue weighted by atomic mass is 9.93. The van der Waals surface area contributed by atoms with Gasteiger partial charge in [0.15, 0.2) is 0 Å². The lowest BCUT2D eigenvalue weighted by molar-refractivity contribution is -0.143. The first-order valence-electron chi connectivity index (χ1n) is 7.24. The van der Waals surface area contributed by atoms with Crippen LogP contribution in [0.15, 0.2) is 0 Å².